The smallest absolute Gasteiger partial charge is 0.0400 e. The second-order valence-corrected chi connectivity index (χ2v) is 5.61. The number of aryl methyl sites for hydroxylation is 2. The maximum atomic E-state index is 3.80. The van der Waals surface area contributed by atoms with E-state index in [9.17, 15) is 0 Å². The minimum absolute atomic E-state index is 0.565. The van der Waals surface area contributed by atoms with E-state index in [-0.39, 0.29) is 0 Å². The average Bonchev–Trinajstić information content (AvgIpc) is 2.87. The van der Waals surface area contributed by atoms with Gasteiger partial charge in [0.2, 0.25) is 0 Å². The van der Waals surface area contributed by atoms with E-state index in [2.05, 4.69) is 48.0 Å². The van der Waals surface area contributed by atoms with Crippen molar-refractivity contribution >= 4 is 15.9 Å². The van der Waals surface area contributed by atoms with Crippen LogP contribution in [0.3, 0.4) is 0 Å². The molecule has 0 spiro atoms. The van der Waals surface area contributed by atoms with Crippen LogP contribution in [0, 0.1) is 19.8 Å². The Morgan fingerprint density at radius 3 is 2.64 bits per heavy atom. The molecule has 0 N–H and O–H groups in total. The highest BCUT2D eigenvalue weighted by Crippen LogP contribution is 2.41. The van der Waals surface area contributed by atoms with Gasteiger partial charge in [0.1, 0.15) is 0 Å². The number of halogens is 1. The Kier molecular flexibility index (Phi) is 2.96. The quantitative estimate of drug-likeness (QED) is 0.694. The molecule has 1 heteroatoms. The van der Waals surface area contributed by atoms with Gasteiger partial charge in [-0.1, -0.05) is 52.5 Å². The van der Waals surface area contributed by atoms with Crippen molar-refractivity contribution in [1.29, 1.82) is 0 Å². The SMILES string of the molecule is Cc1ccc(C(Br)CC2CC2)c(C)c1. The van der Waals surface area contributed by atoms with Gasteiger partial charge >= 0.3 is 0 Å². The van der Waals surface area contributed by atoms with E-state index in [0.29, 0.717) is 4.83 Å². The van der Waals surface area contributed by atoms with Crippen LogP contribution >= 0.6 is 15.9 Å². The summed E-state index contributed by atoms with van der Waals surface area (Å²) < 4.78 is 0. The van der Waals surface area contributed by atoms with Gasteiger partial charge in [0.25, 0.3) is 0 Å². The molecular weight excluding hydrogens is 236 g/mol. The van der Waals surface area contributed by atoms with E-state index in [0.717, 1.165) is 5.92 Å². The van der Waals surface area contributed by atoms with Crippen molar-refractivity contribution in [2.45, 2.75) is 37.9 Å². The first-order chi connectivity index (χ1) is 6.66. The van der Waals surface area contributed by atoms with Crippen LogP contribution in [0.5, 0.6) is 0 Å². The predicted octanol–water partition coefficient (Wildman–Crippen LogP) is 4.54. The van der Waals surface area contributed by atoms with Gasteiger partial charge in [-0.05, 0) is 37.3 Å². The van der Waals surface area contributed by atoms with Gasteiger partial charge in [0.05, 0.1) is 0 Å². The summed E-state index contributed by atoms with van der Waals surface area (Å²) in [5.74, 6) is 0.986. The molecule has 0 aromatic heterocycles. The topological polar surface area (TPSA) is 0 Å². The highest BCUT2D eigenvalue weighted by Gasteiger charge is 2.25. The van der Waals surface area contributed by atoms with Crippen LogP contribution < -0.4 is 0 Å². The Hall–Kier alpha value is -0.300. The summed E-state index contributed by atoms with van der Waals surface area (Å²) in [6, 6.07) is 6.76. The van der Waals surface area contributed by atoms with Crippen LogP contribution in [0.2, 0.25) is 0 Å². The van der Waals surface area contributed by atoms with Gasteiger partial charge in [0.15, 0.2) is 0 Å². The number of benzene rings is 1. The van der Waals surface area contributed by atoms with Crippen molar-refractivity contribution in [3.8, 4) is 0 Å². The summed E-state index contributed by atoms with van der Waals surface area (Å²) in [5.41, 5.74) is 4.26. The van der Waals surface area contributed by atoms with Crippen molar-refractivity contribution in [3.05, 3.63) is 34.9 Å². The summed E-state index contributed by atoms with van der Waals surface area (Å²) in [5, 5.41) is 0. The third-order valence-corrected chi connectivity index (χ3v) is 3.87. The van der Waals surface area contributed by atoms with Crippen molar-refractivity contribution in [3.63, 3.8) is 0 Å². The molecule has 0 saturated heterocycles. The maximum absolute atomic E-state index is 3.80. The van der Waals surface area contributed by atoms with E-state index in [4.69, 9.17) is 0 Å². The first-order valence-electron chi connectivity index (χ1n) is 5.38. The fourth-order valence-corrected chi connectivity index (χ4v) is 2.99. The van der Waals surface area contributed by atoms with Gasteiger partial charge in [-0.25, -0.2) is 0 Å². The molecule has 0 aliphatic heterocycles. The first-order valence-corrected chi connectivity index (χ1v) is 6.29. The van der Waals surface area contributed by atoms with Crippen LogP contribution in [0.4, 0.5) is 0 Å². The van der Waals surface area contributed by atoms with Crippen LogP contribution in [-0.4, -0.2) is 0 Å². The van der Waals surface area contributed by atoms with Crippen LogP contribution in [-0.2, 0) is 0 Å². The molecule has 0 bridgehead atoms. The van der Waals surface area contributed by atoms with E-state index >= 15 is 0 Å². The lowest BCUT2D eigenvalue weighted by Gasteiger charge is -2.13. The summed E-state index contributed by atoms with van der Waals surface area (Å²) in [7, 11) is 0. The van der Waals surface area contributed by atoms with Gasteiger partial charge in [0, 0.05) is 4.83 Å². The van der Waals surface area contributed by atoms with Crippen LogP contribution in [0.1, 0.15) is 40.8 Å². The van der Waals surface area contributed by atoms with Gasteiger partial charge in [-0.3, -0.25) is 0 Å². The lowest BCUT2D eigenvalue weighted by atomic mass is 10.0. The van der Waals surface area contributed by atoms with Crippen molar-refractivity contribution in [2.75, 3.05) is 0 Å². The standard InChI is InChI=1S/C13H17Br/c1-9-3-6-12(10(2)7-9)13(14)8-11-4-5-11/h3,6-7,11,13H,4-5,8H2,1-2H3. The molecule has 1 aliphatic carbocycles. The second-order valence-electron chi connectivity index (χ2n) is 4.51. The van der Waals surface area contributed by atoms with E-state index in [1.807, 2.05) is 0 Å². The zero-order valence-corrected chi connectivity index (χ0v) is 10.5. The number of alkyl halides is 1. The molecule has 0 nitrogen and oxygen atoms in total. The summed E-state index contributed by atoms with van der Waals surface area (Å²) in [6.07, 6.45) is 4.18. The number of rotatable bonds is 3. The molecule has 1 aromatic rings. The highest BCUT2D eigenvalue weighted by atomic mass is 79.9. The van der Waals surface area contributed by atoms with Crippen molar-refractivity contribution < 1.29 is 0 Å². The van der Waals surface area contributed by atoms with Crippen molar-refractivity contribution in [2.24, 2.45) is 5.92 Å². The molecule has 1 fully saturated rings. The average molecular weight is 253 g/mol. The Labute approximate surface area is 94.8 Å². The largest absolute Gasteiger partial charge is 0.0839 e. The fourth-order valence-electron chi connectivity index (χ4n) is 1.95. The lowest BCUT2D eigenvalue weighted by molar-refractivity contribution is 0.718. The Morgan fingerprint density at radius 1 is 1.36 bits per heavy atom. The molecular formula is C13H17Br. The Bertz CT molecular complexity index is 326. The summed E-state index contributed by atoms with van der Waals surface area (Å²) in [6.45, 7) is 4.37. The minimum Gasteiger partial charge on any atom is -0.0839 e. The summed E-state index contributed by atoms with van der Waals surface area (Å²) in [4.78, 5) is 0.565. The molecule has 1 aromatic carbocycles. The van der Waals surface area contributed by atoms with E-state index in [1.54, 1.807) is 0 Å². The highest BCUT2D eigenvalue weighted by molar-refractivity contribution is 9.09. The third kappa shape index (κ3) is 2.38. The predicted molar refractivity (Wildman–Crippen MR) is 64.9 cm³/mol. The van der Waals surface area contributed by atoms with Crippen LogP contribution in [0.25, 0.3) is 0 Å². The Morgan fingerprint density at radius 2 is 2.07 bits per heavy atom. The molecule has 1 unspecified atom stereocenters. The van der Waals surface area contributed by atoms with Crippen molar-refractivity contribution in [1.82, 2.24) is 0 Å². The molecule has 2 rings (SSSR count). The van der Waals surface area contributed by atoms with E-state index < -0.39 is 0 Å². The molecule has 14 heavy (non-hydrogen) atoms. The molecule has 76 valence electrons. The monoisotopic (exact) mass is 252 g/mol. The zero-order valence-electron chi connectivity index (χ0n) is 8.89. The normalized spacial score (nSPS) is 18.2. The molecule has 0 heterocycles. The number of hydrogen-bond acceptors (Lipinski definition) is 0. The summed E-state index contributed by atoms with van der Waals surface area (Å²) >= 11 is 3.80. The lowest BCUT2D eigenvalue weighted by Crippen LogP contribution is -1.95. The second kappa shape index (κ2) is 4.06. The fraction of sp³-hybridized carbons (Fsp3) is 0.538. The Balaban J connectivity index is 2.13. The zero-order chi connectivity index (χ0) is 10.1. The maximum Gasteiger partial charge on any atom is 0.0400 e. The molecule has 0 radical (unpaired) electrons. The van der Waals surface area contributed by atoms with Gasteiger partial charge in [-0.15, -0.1) is 0 Å². The molecule has 1 aliphatic rings. The van der Waals surface area contributed by atoms with Gasteiger partial charge in [-0.2, -0.15) is 0 Å². The first kappa shape index (κ1) is 10.2. The molecule has 1 atom stereocenters. The van der Waals surface area contributed by atoms with E-state index in [1.165, 1.54) is 36.0 Å². The molecule has 1 saturated carbocycles. The minimum atomic E-state index is 0.565. The number of hydrogen-bond donors (Lipinski definition) is 0. The van der Waals surface area contributed by atoms with Gasteiger partial charge < -0.3 is 0 Å². The molecule has 0 amide bonds. The third-order valence-electron chi connectivity index (χ3n) is 3.00. The van der Waals surface area contributed by atoms with Crippen LogP contribution in [0.15, 0.2) is 18.2 Å².